The van der Waals surface area contributed by atoms with E-state index in [0.717, 1.165) is 11.1 Å². The van der Waals surface area contributed by atoms with Gasteiger partial charge in [-0.2, -0.15) is 0 Å². The topological polar surface area (TPSA) is 214 Å². The number of ketones is 1. The predicted molar refractivity (Wildman–Crippen MR) is 254 cm³/mol. The molecule has 4 unspecified atom stereocenters. The van der Waals surface area contributed by atoms with Crippen molar-refractivity contribution in [2.75, 3.05) is 34.9 Å². The van der Waals surface area contributed by atoms with Crippen LogP contribution in [0.5, 0.6) is 0 Å². The van der Waals surface area contributed by atoms with E-state index >= 15 is 0 Å². The van der Waals surface area contributed by atoms with Crippen molar-refractivity contribution in [1.82, 2.24) is 19.9 Å². The lowest BCUT2D eigenvalue weighted by Gasteiger charge is -2.46. The number of aromatic nitrogens is 3. The van der Waals surface area contributed by atoms with Crippen molar-refractivity contribution >= 4 is 11.8 Å². The van der Waals surface area contributed by atoms with Gasteiger partial charge in [0, 0.05) is 44.1 Å². The SMILES string of the molecule is CC[C@H]1OC(=O)C[C@@H](O)[C@H](C)[C@@H](O[C@@H]2O[C@H](C)[C@@H](O)C(N(C)C)C2O)[C@@H](CCn2cc(-c3ccc(C(C)(C)C)cc3)nn2)C[C@@H](C)C(=O)C=CC(C)=C[C@@H]1CO[C@@H]1OC(C)[C@@H](O)[C@H](OC)C1OC. The van der Waals surface area contributed by atoms with Gasteiger partial charge in [-0.25, -0.2) is 0 Å². The molecule has 68 heavy (non-hydrogen) atoms. The summed E-state index contributed by atoms with van der Waals surface area (Å²) in [6.45, 7) is 17.7. The summed E-state index contributed by atoms with van der Waals surface area (Å²) in [5.41, 5.74) is 3.54. The Hall–Kier alpha value is -3.46. The van der Waals surface area contributed by atoms with Crippen LogP contribution in [0.2, 0.25) is 0 Å². The van der Waals surface area contributed by atoms with Crippen LogP contribution in [0, 0.1) is 23.7 Å². The molecule has 2 fully saturated rings. The number of hydrogen-bond donors (Lipinski definition) is 4. The van der Waals surface area contributed by atoms with Crippen LogP contribution in [0.3, 0.4) is 0 Å². The van der Waals surface area contributed by atoms with Gasteiger partial charge < -0.3 is 58.5 Å². The fourth-order valence-electron chi connectivity index (χ4n) is 9.67. The van der Waals surface area contributed by atoms with Gasteiger partial charge in [-0.15, -0.1) is 5.10 Å². The van der Waals surface area contributed by atoms with Crippen molar-refractivity contribution < 1.29 is 63.2 Å². The number of hydrogen-bond acceptors (Lipinski definition) is 16. The molecule has 5 rings (SSSR count). The van der Waals surface area contributed by atoms with Gasteiger partial charge in [-0.3, -0.25) is 14.3 Å². The third kappa shape index (κ3) is 13.9. The Balaban J connectivity index is 1.47. The zero-order chi connectivity index (χ0) is 50.2. The molecule has 0 aliphatic carbocycles. The average molecular weight is 957 g/mol. The number of aliphatic hydroxyl groups excluding tert-OH is 4. The lowest BCUT2D eigenvalue weighted by Crippen LogP contribution is -2.63. The average Bonchev–Trinajstić information content (AvgIpc) is 3.77. The number of aryl methyl sites for hydroxylation is 1. The zero-order valence-corrected chi connectivity index (χ0v) is 42.4. The number of allylic oxidation sites excluding steroid dienone is 3. The van der Waals surface area contributed by atoms with E-state index in [9.17, 15) is 30.0 Å². The molecule has 3 aliphatic rings. The quantitative estimate of drug-likeness (QED) is 0.202. The van der Waals surface area contributed by atoms with Crippen molar-refractivity contribution in [2.24, 2.45) is 23.7 Å². The molecule has 3 aliphatic heterocycles. The van der Waals surface area contributed by atoms with E-state index < -0.39 is 109 Å². The Morgan fingerprint density at radius 1 is 0.868 bits per heavy atom. The van der Waals surface area contributed by atoms with Gasteiger partial charge >= 0.3 is 5.97 Å². The molecule has 17 atom stereocenters. The molecule has 0 spiro atoms. The molecule has 0 amide bonds. The molecule has 4 heterocycles. The van der Waals surface area contributed by atoms with Crippen LogP contribution in [-0.2, 0) is 54.7 Å². The molecule has 2 aromatic rings. The number of likely N-dealkylation sites (N-methyl/N-ethyl adjacent to an activating group) is 1. The van der Waals surface area contributed by atoms with Crippen molar-refractivity contribution in [1.29, 1.82) is 0 Å². The molecule has 1 aromatic carbocycles. The van der Waals surface area contributed by atoms with Crippen LogP contribution in [0.1, 0.15) is 93.6 Å². The number of benzene rings is 1. The highest BCUT2D eigenvalue weighted by Gasteiger charge is 2.48. The smallest absolute Gasteiger partial charge is 0.308 e. The Morgan fingerprint density at radius 3 is 2.13 bits per heavy atom. The normalized spacial score (nSPS) is 36.1. The second kappa shape index (κ2) is 24.6. The second-order valence-corrected chi connectivity index (χ2v) is 20.4. The number of methoxy groups -OCH3 is 2. The highest BCUT2D eigenvalue weighted by Crippen LogP contribution is 2.36. The number of carbonyl (C=O) groups is 2. The van der Waals surface area contributed by atoms with Crippen LogP contribution >= 0.6 is 0 Å². The highest BCUT2D eigenvalue weighted by atomic mass is 16.7. The minimum atomic E-state index is -1.29. The monoisotopic (exact) mass is 957 g/mol. The third-order valence-electron chi connectivity index (χ3n) is 14.0. The number of cyclic esters (lactones) is 1. The maximum Gasteiger partial charge on any atom is 0.308 e. The first kappa shape index (κ1) is 55.5. The van der Waals surface area contributed by atoms with Gasteiger partial charge in [-0.1, -0.05) is 88.7 Å². The van der Waals surface area contributed by atoms with E-state index in [-0.39, 0.29) is 24.2 Å². The van der Waals surface area contributed by atoms with E-state index in [1.54, 1.807) is 56.6 Å². The predicted octanol–water partition coefficient (Wildman–Crippen LogP) is 4.62. The van der Waals surface area contributed by atoms with Crippen molar-refractivity contribution in [3.8, 4) is 11.3 Å². The fourth-order valence-corrected chi connectivity index (χ4v) is 9.67. The summed E-state index contributed by atoms with van der Waals surface area (Å²) < 4.78 is 44.4. The van der Waals surface area contributed by atoms with Crippen LogP contribution in [0.15, 0.2) is 54.3 Å². The lowest BCUT2D eigenvalue weighted by atomic mass is 9.79. The number of carbonyl (C=O) groups excluding carboxylic acids is 2. The molecule has 2 saturated heterocycles. The third-order valence-corrected chi connectivity index (χ3v) is 14.0. The van der Waals surface area contributed by atoms with Crippen molar-refractivity contribution in [3.05, 3.63) is 59.8 Å². The second-order valence-electron chi connectivity index (χ2n) is 20.4. The first-order valence-electron chi connectivity index (χ1n) is 24.2. The number of rotatable bonds is 13. The zero-order valence-electron chi connectivity index (χ0n) is 42.4. The Morgan fingerprint density at radius 2 is 1.51 bits per heavy atom. The van der Waals surface area contributed by atoms with E-state index in [0.29, 0.717) is 31.5 Å². The molecular weight excluding hydrogens is 877 g/mol. The lowest BCUT2D eigenvalue weighted by molar-refractivity contribution is -0.304. The van der Waals surface area contributed by atoms with Gasteiger partial charge in [0.15, 0.2) is 18.4 Å². The number of ether oxygens (including phenoxy) is 7. The number of esters is 1. The summed E-state index contributed by atoms with van der Waals surface area (Å²) in [5.74, 6) is -3.04. The molecule has 17 nitrogen and oxygen atoms in total. The van der Waals surface area contributed by atoms with Crippen LogP contribution < -0.4 is 0 Å². The summed E-state index contributed by atoms with van der Waals surface area (Å²) >= 11 is 0. The standard InChI is InChI=1S/C51H80N4O13/c1-14-40-35(27-64-50-48(63-13)47(62-12)44(60)32(6)66-50)23-28(2)15-20-38(56)29(3)24-34(21-22-55-26-37(52-53-55)33-16-18-36(19-17-33)51(7,8)9)46(30(4)39(57)25-41(58)67-40)68-49-45(61)42(54(10)11)43(59)31(5)65-49/h15-20,23,26,29-32,34-35,39-40,42-50,57,59-61H,14,21-22,24-25,27H2,1-13H3/t29-,30+,31-,32?,34+,35-,39-,40-,42?,43-,44-,45?,46-,47+,48?,49+,50-/m1/s1. The molecule has 0 bridgehead atoms. The maximum atomic E-state index is 14.1. The molecule has 0 radical (unpaired) electrons. The number of aliphatic hydroxyl groups is 4. The van der Waals surface area contributed by atoms with Crippen LogP contribution in [0.25, 0.3) is 11.3 Å². The minimum absolute atomic E-state index is 0.00452. The highest BCUT2D eigenvalue weighted by molar-refractivity contribution is 5.91. The minimum Gasteiger partial charge on any atom is -0.462 e. The van der Waals surface area contributed by atoms with Gasteiger partial charge in [0.2, 0.25) is 0 Å². The first-order chi connectivity index (χ1) is 32.1. The fraction of sp³-hybridized carbons (Fsp3) is 0.725. The first-order valence-corrected chi connectivity index (χ1v) is 24.2. The molecule has 4 N–H and O–H groups in total. The van der Waals surface area contributed by atoms with Crippen LogP contribution in [-0.4, -0.2) is 167 Å². The summed E-state index contributed by atoms with van der Waals surface area (Å²) in [7, 11) is 6.47. The molecule has 1 aromatic heterocycles. The van der Waals surface area contributed by atoms with Gasteiger partial charge in [0.1, 0.15) is 36.2 Å². The molecule has 0 saturated carbocycles. The van der Waals surface area contributed by atoms with E-state index in [4.69, 9.17) is 33.2 Å². The van der Waals surface area contributed by atoms with Crippen LogP contribution in [0.4, 0.5) is 0 Å². The molecular formula is C51H80N4O13. The Labute approximate surface area is 403 Å². The Bertz CT molecular complexity index is 1970. The maximum absolute atomic E-state index is 14.1. The summed E-state index contributed by atoms with van der Waals surface area (Å²) in [4.78, 5) is 29.8. The Kier molecular flexibility index (Phi) is 20.1. The molecule has 17 heteroatoms. The number of nitrogens with zero attached hydrogens (tertiary/aromatic N) is 4. The van der Waals surface area contributed by atoms with E-state index in [1.165, 1.54) is 19.8 Å². The molecule has 382 valence electrons. The van der Waals surface area contributed by atoms with Crippen molar-refractivity contribution in [3.63, 3.8) is 0 Å². The van der Waals surface area contributed by atoms with Gasteiger partial charge in [0.05, 0.1) is 55.8 Å². The van der Waals surface area contributed by atoms with Crippen molar-refractivity contribution in [2.45, 2.75) is 180 Å². The summed E-state index contributed by atoms with van der Waals surface area (Å²) in [5, 5.41) is 54.4. The van der Waals surface area contributed by atoms with Gasteiger partial charge in [-0.05, 0) is 77.1 Å². The van der Waals surface area contributed by atoms with Gasteiger partial charge in [0.25, 0.3) is 0 Å². The summed E-state index contributed by atoms with van der Waals surface area (Å²) in [6, 6.07) is 7.52. The summed E-state index contributed by atoms with van der Waals surface area (Å²) in [6.07, 6.45) is -3.34. The largest absolute Gasteiger partial charge is 0.462 e. The van der Waals surface area contributed by atoms with E-state index in [2.05, 4.69) is 43.2 Å². The van der Waals surface area contributed by atoms with E-state index in [1.807, 2.05) is 45.2 Å².